The molecule has 0 saturated heterocycles. The molecule has 160 valence electrons. The highest BCUT2D eigenvalue weighted by molar-refractivity contribution is 7.17. The Morgan fingerprint density at radius 1 is 1.16 bits per heavy atom. The van der Waals surface area contributed by atoms with Crippen LogP contribution in [0.5, 0.6) is 0 Å². The van der Waals surface area contributed by atoms with Crippen molar-refractivity contribution in [1.29, 1.82) is 0 Å². The van der Waals surface area contributed by atoms with Gasteiger partial charge in [-0.1, -0.05) is 35.6 Å². The van der Waals surface area contributed by atoms with Gasteiger partial charge in [0, 0.05) is 0 Å². The van der Waals surface area contributed by atoms with E-state index >= 15 is 0 Å². The number of methoxy groups -OCH3 is 1. The number of carbonyl (C=O) groups excluding carboxylic acids is 2. The van der Waals surface area contributed by atoms with Gasteiger partial charge in [0.1, 0.15) is 16.3 Å². The number of esters is 1. The van der Waals surface area contributed by atoms with E-state index in [0.717, 1.165) is 11.3 Å². The number of para-hydroxylation sites is 1. The van der Waals surface area contributed by atoms with Crippen LogP contribution in [0.1, 0.15) is 43.1 Å². The van der Waals surface area contributed by atoms with Crippen LogP contribution < -0.4 is 10.3 Å². The first-order chi connectivity index (χ1) is 15.4. The van der Waals surface area contributed by atoms with Crippen molar-refractivity contribution in [2.24, 2.45) is 0 Å². The fraction of sp³-hybridized carbons (Fsp3) is 0.130. The second kappa shape index (κ2) is 7.38. The molecule has 9 heteroatoms. The summed E-state index contributed by atoms with van der Waals surface area (Å²) in [4.78, 5) is 44.9. The number of carbonyl (C=O) groups is 2. The topological polar surface area (TPSA) is 89.7 Å². The Bertz CT molecular complexity index is 1460. The van der Waals surface area contributed by atoms with Crippen LogP contribution in [-0.2, 0) is 4.74 Å². The maximum atomic E-state index is 13.6. The molecule has 7 nitrogen and oxygen atoms in total. The zero-order valence-corrected chi connectivity index (χ0v) is 17.7. The third-order valence-electron chi connectivity index (χ3n) is 5.33. The summed E-state index contributed by atoms with van der Waals surface area (Å²) in [5.74, 6) is -1.69. The lowest BCUT2D eigenvalue weighted by Crippen LogP contribution is -2.29. The summed E-state index contributed by atoms with van der Waals surface area (Å²) in [5.41, 5.74) is 0.979. The molecule has 0 spiro atoms. The van der Waals surface area contributed by atoms with Gasteiger partial charge in [-0.25, -0.2) is 14.2 Å². The van der Waals surface area contributed by atoms with E-state index in [1.54, 1.807) is 31.2 Å². The number of hydrogen-bond donors (Lipinski definition) is 0. The minimum Gasteiger partial charge on any atom is -0.465 e. The van der Waals surface area contributed by atoms with Crippen LogP contribution >= 0.6 is 11.3 Å². The summed E-state index contributed by atoms with van der Waals surface area (Å²) in [6.07, 6.45) is 0. The Morgan fingerprint density at radius 2 is 1.88 bits per heavy atom. The van der Waals surface area contributed by atoms with Gasteiger partial charge in [-0.2, -0.15) is 0 Å². The molecule has 1 amide bonds. The lowest BCUT2D eigenvalue weighted by Gasteiger charge is -2.22. The molecule has 0 N–H and O–H groups in total. The lowest BCUT2D eigenvalue weighted by molar-refractivity contribution is 0.0605. The molecule has 1 aliphatic heterocycles. The van der Waals surface area contributed by atoms with Crippen molar-refractivity contribution in [1.82, 2.24) is 4.98 Å². The first-order valence-corrected chi connectivity index (χ1v) is 10.4. The first kappa shape index (κ1) is 20.1. The molecular weight excluding hydrogens is 435 g/mol. The van der Waals surface area contributed by atoms with Gasteiger partial charge in [0.2, 0.25) is 5.76 Å². The summed E-state index contributed by atoms with van der Waals surface area (Å²) >= 11 is 0.977. The second-order valence-corrected chi connectivity index (χ2v) is 8.18. The Kier molecular flexibility index (Phi) is 4.63. The number of ether oxygens (including phenoxy) is 1. The Hall–Kier alpha value is -3.85. The van der Waals surface area contributed by atoms with Crippen LogP contribution in [0.2, 0.25) is 0 Å². The number of benzene rings is 2. The predicted molar refractivity (Wildman–Crippen MR) is 116 cm³/mol. The van der Waals surface area contributed by atoms with Crippen molar-refractivity contribution in [3.63, 3.8) is 0 Å². The number of anilines is 1. The fourth-order valence-electron chi connectivity index (χ4n) is 3.84. The molecular formula is C23H15FN2O5S. The summed E-state index contributed by atoms with van der Waals surface area (Å²) in [6, 6.07) is 11.3. The number of aryl methyl sites for hydroxylation is 1. The molecule has 2 aromatic carbocycles. The molecule has 1 atom stereocenters. The monoisotopic (exact) mass is 450 g/mol. The van der Waals surface area contributed by atoms with E-state index in [9.17, 15) is 18.8 Å². The maximum absolute atomic E-state index is 13.6. The molecule has 3 heterocycles. The quantitative estimate of drug-likeness (QED) is 0.434. The maximum Gasteiger partial charge on any atom is 0.350 e. The van der Waals surface area contributed by atoms with Gasteiger partial charge in [-0.05, 0) is 36.8 Å². The van der Waals surface area contributed by atoms with E-state index in [1.807, 2.05) is 0 Å². The largest absolute Gasteiger partial charge is 0.465 e. The van der Waals surface area contributed by atoms with Gasteiger partial charge < -0.3 is 9.15 Å². The van der Waals surface area contributed by atoms with Crippen LogP contribution in [0, 0.1) is 12.7 Å². The number of rotatable bonds is 3. The van der Waals surface area contributed by atoms with Crippen molar-refractivity contribution in [2.45, 2.75) is 13.0 Å². The highest BCUT2D eigenvalue weighted by Gasteiger charge is 2.45. The minimum atomic E-state index is -0.894. The molecule has 5 rings (SSSR count). The zero-order valence-electron chi connectivity index (χ0n) is 16.9. The SMILES string of the molecule is COC(=O)c1sc(N2C(=O)c3oc4ccccc4c(=O)c3C2c2ccc(F)cc2)nc1C. The summed E-state index contributed by atoms with van der Waals surface area (Å²) in [5, 5.41) is 0.538. The molecule has 0 fully saturated rings. The highest BCUT2D eigenvalue weighted by Crippen LogP contribution is 2.43. The lowest BCUT2D eigenvalue weighted by atomic mass is 9.99. The van der Waals surface area contributed by atoms with Crippen LogP contribution in [0.4, 0.5) is 9.52 Å². The molecule has 0 aliphatic carbocycles. The van der Waals surface area contributed by atoms with E-state index < -0.39 is 23.7 Å². The Balaban J connectivity index is 1.78. The number of halogens is 1. The Labute approximate surface area is 184 Å². The molecule has 0 saturated carbocycles. The van der Waals surface area contributed by atoms with Crippen molar-refractivity contribution >= 4 is 39.3 Å². The number of nitrogens with zero attached hydrogens (tertiary/aromatic N) is 2. The standard InChI is InChI=1S/C23H15FN2O5S/c1-11-20(22(29)30-2)32-23(25-11)26-17(12-7-9-13(24)10-8-12)16-18(27)14-5-3-4-6-15(14)31-19(16)21(26)28/h3-10,17H,1-2H3. The fourth-order valence-corrected chi connectivity index (χ4v) is 4.86. The van der Waals surface area contributed by atoms with E-state index in [1.165, 1.54) is 36.3 Å². The molecule has 0 radical (unpaired) electrons. The second-order valence-electron chi connectivity index (χ2n) is 7.20. The van der Waals surface area contributed by atoms with Crippen molar-refractivity contribution in [3.8, 4) is 0 Å². The molecule has 0 bridgehead atoms. The highest BCUT2D eigenvalue weighted by atomic mass is 32.1. The summed E-state index contributed by atoms with van der Waals surface area (Å²) in [7, 11) is 1.26. The van der Waals surface area contributed by atoms with E-state index in [2.05, 4.69) is 4.98 Å². The average Bonchev–Trinajstić information content (AvgIpc) is 3.31. The number of aromatic nitrogens is 1. The van der Waals surface area contributed by atoms with Gasteiger partial charge in [-0.3, -0.25) is 14.5 Å². The third-order valence-corrected chi connectivity index (χ3v) is 6.46. The summed E-state index contributed by atoms with van der Waals surface area (Å²) < 4.78 is 24.3. The van der Waals surface area contributed by atoms with Crippen molar-refractivity contribution in [3.05, 3.63) is 92.0 Å². The molecule has 4 aromatic rings. The predicted octanol–water partition coefficient (Wildman–Crippen LogP) is 4.23. The minimum absolute atomic E-state index is 0.101. The molecule has 1 aliphatic rings. The normalized spacial score (nSPS) is 15.3. The third kappa shape index (κ3) is 2.93. The summed E-state index contributed by atoms with van der Waals surface area (Å²) in [6.45, 7) is 1.63. The molecule has 1 unspecified atom stereocenters. The smallest absolute Gasteiger partial charge is 0.350 e. The van der Waals surface area contributed by atoms with Crippen LogP contribution in [0.25, 0.3) is 11.0 Å². The van der Waals surface area contributed by atoms with Gasteiger partial charge in [0.05, 0.1) is 29.8 Å². The number of thiazole rings is 1. The van der Waals surface area contributed by atoms with E-state index in [4.69, 9.17) is 9.15 Å². The average molecular weight is 450 g/mol. The number of amides is 1. The van der Waals surface area contributed by atoms with Crippen LogP contribution in [-0.4, -0.2) is 24.0 Å². The molecule has 32 heavy (non-hydrogen) atoms. The zero-order chi connectivity index (χ0) is 22.6. The van der Waals surface area contributed by atoms with Crippen molar-refractivity contribution < 1.29 is 23.1 Å². The number of hydrogen-bond acceptors (Lipinski definition) is 7. The van der Waals surface area contributed by atoms with Gasteiger partial charge in [-0.15, -0.1) is 0 Å². The van der Waals surface area contributed by atoms with Crippen molar-refractivity contribution in [2.75, 3.05) is 12.0 Å². The van der Waals surface area contributed by atoms with E-state index in [-0.39, 0.29) is 32.3 Å². The van der Waals surface area contributed by atoms with Gasteiger partial charge in [0.25, 0.3) is 5.91 Å². The molecule has 2 aromatic heterocycles. The van der Waals surface area contributed by atoms with Gasteiger partial charge in [0.15, 0.2) is 10.6 Å². The van der Waals surface area contributed by atoms with Crippen LogP contribution in [0.3, 0.4) is 0 Å². The number of fused-ring (bicyclic) bond motifs is 2. The van der Waals surface area contributed by atoms with E-state index in [0.29, 0.717) is 16.6 Å². The van der Waals surface area contributed by atoms with Gasteiger partial charge >= 0.3 is 5.97 Å². The Morgan fingerprint density at radius 3 is 2.59 bits per heavy atom. The first-order valence-electron chi connectivity index (χ1n) is 9.61. The van der Waals surface area contributed by atoms with Crippen LogP contribution in [0.15, 0.2) is 57.7 Å².